The van der Waals surface area contributed by atoms with Crippen molar-refractivity contribution in [2.24, 2.45) is 5.92 Å². The second-order valence-electron chi connectivity index (χ2n) is 7.95. The summed E-state index contributed by atoms with van der Waals surface area (Å²) >= 11 is 0. The molecule has 5 nitrogen and oxygen atoms in total. The third-order valence-corrected chi connectivity index (χ3v) is 4.67. The van der Waals surface area contributed by atoms with Crippen LogP contribution in [0.3, 0.4) is 0 Å². The molecule has 1 fully saturated rings. The SMILES string of the molecule is CC(C)(C)OC(=O)N1CCc2cc(OCC3CCOCC3)ccc2C1. The van der Waals surface area contributed by atoms with Gasteiger partial charge in [0.2, 0.25) is 0 Å². The number of ether oxygens (including phenoxy) is 3. The summed E-state index contributed by atoms with van der Waals surface area (Å²) in [6.07, 6.45) is 2.76. The van der Waals surface area contributed by atoms with Crippen molar-refractivity contribution in [3.8, 4) is 5.75 Å². The number of carbonyl (C=O) groups is 1. The van der Waals surface area contributed by atoms with E-state index in [2.05, 4.69) is 12.1 Å². The molecule has 3 rings (SSSR count). The highest BCUT2D eigenvalue weighted by Crippen LogP contribution is 2.26. The van der Waals surface area contributed by atoms with E-state index in [-0.39, 0.29) is 6.09 Å². The van der Waals surface area contributed by atoms with Crippen molar-refractivity contribution in [1.82, 2.24) is 4.90 Å². The molecule has 1 amide bonds. The highest BCUT2D eigenvalue weighted by Gasteiger charge is 2.26. The molecule has 1 aromatic carbocycles. The predicted molar refractivity (Wildman–Crippen MR) is 95.8 cm³/mol. The van der Waals surface area contributed by atoms with Crippen LogP contribution < -0.4 is 4.74 Å². The van der Waals surface area contributed by atoms with Crippen molar-refractivity contribution in [1.29, 1.82) is 0 Å². The second-order valence-corrected chi connectivity index (χ2v) is 7.95. The number of fused-ring (bicyclic) bond motifs is 1. The second kappa shape index (κ2) is 7.65. The fraction of sp³-hybridized carbons (Fsp3) is 0.650. The van der Waals surface area contributed by atoms with E-state index in [1.54, 1.807) is 4.90 Å². The summed E-state index contributed by atoms with van der Waals surface area (Å²) in [4.78, 5) is 14.0. The predicted octanol–water partition coefficient (Wildman–Crippen LogP) is 3.79. The molecule has 138 valence electrons. The molecule has 2 heterocycles. The van der Waals surface area contributed by atoms with Crippen LogP contribution in [-0.2, 0) is 22.4 Å². The Morgan fingerprint density at radius 2 is 2.00 bits per heavy atom. The third-order valence-electron chi connectivity index (χ3n) is 4.67. The van der Waals surface area contributed by atoms with Crippen LogP contribution in [0.4, 0.5) is 4.79 Å². The summed E-state index contributed by atoms with van der Waals surface area (Å²) < 4.78 is 16.9. The lowest BCUT2D eigenvalue weighted by atomic mass is 9.99. The number of nitrogens with zero attached hydrogens (tertiary/aromatic N) is 1. The summed E-state index contributed by atoms with van der Waals surface area (Å²) in [6.45, 7) is 9.42. The van der Waals surface area contributed by atoms with E-state index in [4.69, 9.17) is 14.2 Å². The normalized spacial score (nSPS) is 18.6. The minimum atomic E-state index is -0.459. The molecule has 0 bridgehead atoms. The number of hydrogen-bond donors (Lipinski definition) is 0. The van der Waals surface area contributed by atoms with Gasteiger partial charge in [-0.3, -0.25) is 0 Å². The molecule has 1 saturated heterocycles. The van der Waals surface area contributed by atoms with Crippen molar-refractivity contribution < 1.29 is 19.0 Å². The number of carbonyl (C=O) groups excluding carboxylic acids is 1. The zero-order valence-corrected chi connectivity index (χ0v) is 15.5. The molecule has 0 spiro atoms. The third kappa shape index (κ3) is 5.11. The van der Waals surface area contributed by atoms with Gasteiger partial charge in [0, 0.05) is 26.3 Å². The summed E-state index contributed by atoms with van der Waals surface area (Å²) in [6, 6.07) is 6.21. The van der Waals surface area contributed by atoms with Crippen LogP contribution in [0.1, 0.15) is 44.7 Å². The summed E-state index contributed by atoms with van der Waals surface area (Å²) in [5.74, 6) is 1.52. The lowest BCUT2D eigenvalue weighted by Gasteiger charge is -2.31. The van der Waals surface area contributed by atoms with Crippen molar-refractivity contribution in [3.05, 3.63) is 29.3 Å². The van der Waals surface area contributed by atoms with E-state index in [1.165, 1.54) is 11.1 Å². The van der Waals surface area contributed by atoms with Gasteiger partial charge in [-0.15, -0.1) is 0 Å². The molecule has 0 N–H and O–H groups in total. The van der Waals surface area contributed by atoms with Gasteiger partial charge in [0.05, 0.1) is 6.61 Å². The Bertz CT molecular complexity index is 602. The van der Waals surface area contributed by atoms with Gasteiger partial charge in [0.15, 0.2) is 0 Å². The van der Waals surface area contributed by atoms with Crippen LogP contribution in [0.25, 0.3) is 0 Å². The molecule has 2 aliphatic heterocycles. The maximum absolute atomic E-state index is 12.2. The van der Waals surface area contributed by atoms with Crippen LogP contribution >= 0.6 is 0 Å². The number of benzene rings is 1. The molecule has 0 aliphatic carbocycles. The molecule has 1 aromatic rings. The topological polar surface area (TPSA) is 48.0 Å². The van der Waals surface area contributed by atoms with Gasteiger partial charge in [-0.1, -0.05) is 6.07 Å². The minimum absolute atomic E-state index is 0.238. The van der Waals surface area contributed by atoms with Crippen LogP contribution in [0.15, 0.2) is 18.2 Å². The Morgan fingerprint density at radius 3 is 2.72 bits per heavy atom. The standard InChI is InChI=1S/C20H29NO4/c1-20(2,3)25-19(22)21-9-6-16-12-18(5-4-17(16)13-21)24-14-15-7-10-23-11-8-15/h4-5,12,15H,6-11,13-14H2,1-3H3. The number of hydrogen-bond acceptors (Lipinski definition) is 4. The van der Waals surface area contributed by atoms with Crippen LogP contribution in [0, 0.1) is 5.92 Å². The van der Waals surface area contributed by atoms with Gasteiger partial charge >= 0.3 is 6.09 Å². The van der Waals surface area contributed by atoms with Gasteiger partial charge in [0.1, 0.15) is 11.4 Å². The maximum Gasteiger partial charge on any atom is 0.410 e. The molecular formula is C20H29NO4. The Morgan fingerprint density at radius 1 is 1.24 bits per heavy atom. The van der Waals surface area contributed by atoms with Gasteiger partial charge in [-0.05, 0) is 69.2 Å². The molecule has 0 unspecified atom stereocenters. The maximum atomic E-state index is 12.2. The van der Waals surface area contributed by atoms with E-state index < -0.39 is 5.60 Å². The van der Waals surface area contributed by atoms with Crippen molar-refractivity contribution in [2.75, 3.05) is 26.4 Å². The molecular weight excluding hydrogens is 318 g/mol. The van der Waals surface area contributed by atoms with Gasteiger partial charge in [0.25, 0.3) is 0 Å². The quantitative estimate of drug-likeness (QED) is 0.835. The first-order valence-electron chi connectivity index (χ1n) is 9.21. The van der Waals surface area contributed by atoms with Crippen LogP contribution in [0.2, 0.25) is 0 Å². The van der Waals surface area contributed by atoms with Gasteiger partial charge in [-0.2, -0.15) is 0 Å². The molecule has 0 aromatic heterocycles. The minimum Gasteiger partial charge on any atom is -0.493 e. The molecule has 5 heteroatoms. The molecule has 25 heavy (non-hydrogen) atoms. The number of amides is 1. The number of rotatable bonds is 3. The van der Waals surface area contributed by atoms with E-state index in [1.807, 2.05) is 26.8 Å². The monoisotopic (exact) mass is 347 g/mol. The average molecular weight is 347 g/mol. The highest BCUT2D eigenvalue weighted by atomic mass is 16.6. The lowest BCUT2D eigenvalue weighted by Crippen LogP contribution is -2.39. The fourth-order valence-electron chi connectivity index (χ4n) is 3.23. The highest BCUT2D eigenvalue weighted by molar-refractivity contribution is 5.68. The lowest BCUT2D eigenvalue weighted by molar-refractivity contribution is 0.0223. The molecule has 0 radical (unpaired) electrons. The zero-order valence-electron chi connectivity index (χ0n) is 15.5. The molecule has 0 saturated carbocycles. The summed E-state index contributed by atoms with van der Waals surface area (Å²) in [7, 11) is 0. The first kappa shape index (κ1) is 18.1. The van der Waals surface area contributed by atoms with E-state index in [9.17, 15) is 4.79 Å². The molecule has 0 atom stereocenters. The van der Waals surface area contributed by atoms with Gasteiger partial charge < -0.3 is 19.1 Å². The Balaban J connectivity index is 1.56. The zero-order chi connectivity index (χ0) is 17.9. The summed E-state index contributed by atoms with van der Waals surface area (Å²) in [5.41, 5.74) is 1.99. The van der Waals surface area contributed by atoms with E-state index in [0.29, 0.717) is 19.0 Å². The smallest absolute Gasteiger partial charge is 0.410 e. The van der Waals surface area contributed by atoms with Crippen molar-refractivity contribution >= 4 is 6.09 Å². The first-order valence-corrected chi connectivity index (χ1v) is 9.21. The largest absolute Gasteiger partial charge is 0.493 e. The van der Waals surface area contributed by atoms with Gasteiger partial charge in [-0.25, -0.2) is 4.79 Å². The average Bonchev–Trinajstić information content (AvgIpc) is 2.59. The van der Waals surface area contributed by atoms with Crippen molar-refractivity contribution in [2.45, 2.75) is 52.2 Å². The Labute approximate surface area is 150 Å². The van der Waals surface area contributed by atoms with E-state index >= 15 is 0 Å². The van der Waals surface area contributed by atoms with Crippen molar-refractivity contribution in [3.63, 3.8) is 0 Å². The van der Waals surface area contributed by atoms with E-state index in [0.717, 1.165) is 44.8 Å². The Kier molecular flexibility index (Phi) is 5.52. The van der Waals surface area contributed by atoms with Crippen LogP contribution in [0.5, 0.6) is 5.75 Å². The fourth-order valence-corrected chi connectivity index (χ4v) is 3.23. The molecule has 2 aliphatic rings. The Hall–Kier alpha value is -1.75. The first-order chi connectivity index (χ1) is 11.9. The summed E-state index contributed by atoms with van der Waals surface area (Å²) in [5, 5.41) is 0. The van der Waals surface area contributed by atoms with Crippen LogP contribution in [-0.4, -0.2) is 43.0 Å².